The van der Waals surface area contributed by atoms with Crippen molar-refractivity contribution < 1.29 is 14.3 Å². The Morgan fingerprint density at radius 2 is 2.00 bits per heavy atom. The first kappa shape index (κ1) is 14.2. The van der Waals surface area contributed by atoms with E-state index in [1.807, 2.05) is 6.92 Å². The minimum atomic E-state index is -0.267. The quantitative estimate of drug-likeness (QED) is 0.643. The second kappa shape index (κ2) is 4.10. The molecule has 0 aromatic heterocycles. The van der Waals surface area contributed by atoms with Crippen molar-refractivity contribution >= 4 is 11.8 Å². The van der Waals surface area contributed by atoms with E-state index in [0.29, 0.717) is 17.3 Å². The van der Waals surface area contributed by atoms with Gasteiger partial charge >= 0.3 is 5.97 Å². The van der Waals surface area contributed by atoms with Crippen LogP contribution in [-0.2, 0) is 14.3 Å². The highest BCUT2D eigenvalue weighted by Gasteiger charge is 2.67. The van der Waals surface area contributed by atoms with Crippen LogP contribution < -0.4 is 0 Å². The Balaban J connectivity index is 1.56. The molecule has 0 radical (unpaired) electrons. The van der Waals surface area contributed by atoms with Crippen LogP contribution in [0.5, 0.6) is 0 Å². The maximum Gasteiger partial charge on any atom is 0.309 e. The Kier molecular flexibility index (Phi) is 2.54. The number of ether oxygens (including phenoxy) is 1. The zero-order valence-electron chi connectivity index (χ0n) is 14.3. The molecule has 0 bridgehead atoms. The van der Waals surface area contributed by atoms with Gasteiger partial charge in [0, 0.05) is 0 Å². The van der Waals surface area contributed by atoms with E-state index >= 15 is 0 Å². The summed E-state index contributed by atoms with van der Waals surface area (Å²) < 4.78 is 5.60. The van der Waals surface area contributed by atoms with Crippen LogP contribution in [0.2, 0.25) is 0 Å². The maximum atomic E-state index is 13.1. The van der Waals surface area contributed by atoms with Crippen LogP contribution in [0.4, 0.5) is 0 Å². The molecule has 0 spiro atoms. The van der Waals surface area contributed by atoms with Crippen LogP contribution in [0, 0.1) is 40.4 Å². The number of ketones is 1. The molecule has 5 rings (SSSR count). The van der Waals surface area contributed by atoms with Gasteiger partial charge < -0.3 is 4.74 Å². The molecule has 3 heteroatoms. The van der Waals surface area contributed by atoms with Crippen molar-refractivity contribution in [2.75, 3.05) is 0 Å². The van der Waals surface area contributed by atoms with Gasteiger partial charge in [-0.05, 0) is 66.3 Å². The Morgan fingerprint density at radius 3 is 2.78 bits per heavy atom. The highest BCUT2D eigenvalue weighted by atomic mass is 16.6. The molecular weight excluding hydrogens is 288 g/mol. The Hall–Kier alpha value is -1.12. The molecule has 1 heterocycles. The Labute approximate surface area is 137 Å². The van der Waals surface area contributed by atoms with E-state index in [1.165, 1.54) is 19.3 Å². The summed E-state index contributed by atoms with van der Waals surface area (Å²) in [6.45, 7) is 6.74. The van der Waals surface area contributed by atoms with Crippen molar-refractivity contribution in [2.45, 2.75) is 59.0 Å². The second-order valence-corrected chi connectivity index (χ2v) is 9.34. The number of rotatable bonds is 0. The van der Waals surface area contributed by atoms with Gasteiger partial charge in [0.2, 0.25) is 0 Å². The summed E-state index contributed by atoms with van der Waals surface area (Å²) in [7, 11) is 0. The number of carbonyl (C=O) groups is 2. The number of allylic oxidation sites excluding steroid dienone is 2. The minimum Gasteiger partial charge on any atom is -0.461 e. The monoisotopic (exact) mass is 314 g/mol. The molecule has 5 aliphatic rings. The molecule has 4 fully saturated rings. The first-order valence-electron chi connectivity index (χ1n) is 9.31. The van der Waals surface area contributed by atoms with E-state index in [4.69, 9.17) is 4.74 Å². The lowest BCUT2D eigenvalue weighted by atomic mass is 9.49. The van der Waals surface area contributed by atoms with Gasteiger partial charge in [-0.3, -0.25) is 9.59 Å². The molecule has 8 atom stereocenters. The fourth-order valence-electron chi connectivity index (χ4n) is 6.92. The number of Topliss-reactive ketones (excluding diaryl/α,β-unsaturated/α-hetero) is 1. The highest BCUT2D eigenvalue weighted by molar-refractivity contribution is 6.02. The van der Waals surface area contributed by atoms with E-state index in [9.17, 15) is 9.59 Å². The number of esters is 1. The summed E-state index contributed by atoms with van der Waals surface area (Å²) in [5.74, 6) is 1.45. The molecule has 1 saturated heterocycles. The van der Waals surface area contributed by atoms with Crippen LogP contribution in [0.1, 0.15) is 52.9 Å². The summed E-state index contributed by atoms with van der Waals surface area (Å²) in [6.07, 6.45) is 7.91. The second-order valence-electron chi connectivity index (χ2n) is 9.34. The molecule has 3 nitrogen and oxygen atoms in total. The van der Waals surface area contributed by atoms with Gasteiger partial charge in [0.25, 0.3) is 0 Å². The van der Waals surface area contributed by atoms with Crippen molar-refractivity contribution in [3.63, 3.8) is 0 Å². The summed E-state index contributed by atoms with van der Waals surface area (Å²) in [6, 6.07) is 0. The number of hydrogen-bond acceptors (Lipinski definition) is 3. The third-order valence-electron chi connectivity index (χ3n) is 8.46. The van der Waals surface area contributed by atoms with E-state index in [0.717, 1.165) is 24.3 Å². The van der Waals surface area contributed by atoms with Crippen LogP contribution >= 0.6 is 0 Å². The van der Waals surface area contributed by atoms with Gasteiger partial charge in [-0.15, -0.1) is 0 Å². The molecule has 0 aromatic carbocycles. The molecule has 2 unspecified atom stereocenters. The van der Waals surface area contributed by atoms with Gasteiger partial charge in [0.15, 0.2) is 5.78 Å². The molecule has 4 aliphatic carbocycles. The molecule has 124 valence electrons. The molecule has 0 N–H and O–H groups in total. The third-order valence-corrected chi connectivity index (χ3v) is 8.46. The van der Waals surface area contributed by atoms with Gasteiger partial charge in [-0.2, -0.15) is 0 Å². The third kappa shape index (κ3) is 1.57. The predicted molar refractivity (Wildman–Crippen MR) is 85.4 cm³/mol. The SMILES string of the molecule is CC1C(=O)O[C@@H]2C[C@@H]3C(=CC[C@H]4[C@@]3(C)CCC3C[C@@]34C)C(=O)[C@H]12. The number of fused-ring (bicyclic) bond motifs is 6. The van der Waals surface area contributed by atoms with Gasteiger partial charge in [-0.1, -0.05) is 26.8 Å². The van der Waals surface area contributed by atoms with Crippen molar-refractivity contribution in [3.8, 4) is 0 Å². The van der Waals surface area contributed by atoms with Crippen molar-refractivity contribution in [1.82, 2.24) is 0 Å². The van der Waals surface area contributed by atoms with Crippen molar-refractivity contribution in [2.24, 2.45) is 40.4 Å². The predicted octanol–water partition coefficient (Wildman–Crippen LogP) is 3.53. The Bertz CT molecular complexity index is 649. The van der Waals surface area contributed by atoms with Gasteiger partial charge in [0.05, 0.1) is 11.8 Å². The fourth-order valence-corrected chi connectivity index (χ4v) is 6.92. The summed E-state index contributed by atoms with van der Waals surface area (Å²) in [5, 5.41) is 0. The maximum absolute atomic E-state index is 13.1. The molecular formula is C20H26O3. The topological polar surface area (TPSA) is 43.4 Å². The lowest BCUT2D eigenvalue weighted by Gasteiger charge is -2.55. The first-order valence-corrected chi connectivity index (χ1v) is 9.31. The zero-order valence-corrected chi connectivity index (χ0v) is 14.3. The lowest BCUT2D eigenvalue weighted by Crippen LogP contribution is -2.51. The zero-order chi connectivity index (χ0) is 16.1. The fraction of sp³-hybridized carbons (Fsp3) is 0.800. The smallest absolute Gasteiger partial charge is 0.309 e. The van der Waals surface area contributed by atoms with E-state index in [-0.39, 0.29) is 35.1 Å². The number of hydrogen-bond donors (Lipinski definition) is 0. The minimum absolute atomic E-state index is 0.174. The summed E-state index contributed by atoms with van der Waals surface area (Å²) in [4.78, 5) is 25.1. The van der Waals surface area contributed by atoms with Gasteiger partial charge in [0.1, 0.15) is 6.10 Å². The summed E-state index contributed by atoms with van der Waals surface area (Å²) >= 11 is 0. The highest BCUT2D eigenvalue weighted by Crippen LogP contribution is 2.73. The average molecular weight is 314 g/mol. The number of carbonyl (C=O) groups excluding carboxylic acids is 2. The van der Waals surface area contributed by atoms with Crippen LogP contribution in [-0.4, -0.2) is 17.9 Å². The molecule has 0 amide bonds. The molecule has 23 heavy (non-hydrogen) atoms. The van der Waals surface area contributed by atoms with Crippen LogP contribution in [0.15, 0.2) is 11.6 Å². The van der Waals surface area contributed by atoms with Crippen LogP contribution in [0.25, 0.3) is 0 Å². The molecule has 3 saturated carbocycles. The van der Waals surface area contributed by atoms with Crippen molar-refractivity contribution in [3.05, 3.63) is 11.6 Å². The van der Waals surface area contributed by atoms with Crippen LogP contribution in [0.3, 0.4) is 0 Å². The molecule has 0 aromatic rings. The lowest BCUT2D eigenvalue weighted by molar-refractivity contribution is -0.145. The normalized spacial score (nSPS) is 56.7. The van der Waals surface area contributed by atoms with Crippen molar-refractivity contribution in [1.29, 1.82) is 0 Å². The molecule has 1 aliphatic heterocycles. The summed E-state index contributed by atoms with van der Waals surface area (Å²) in [5.41, 5.74) is 1.75. The van der Waals surface area contributed by atoms with E-state index in [2.05, 4.69) is 19.9 Å². The van der Waals surface area contributed by atoms with E-state index < -0.39 is 0 Å². The first-order chi connectivity index (χ1) is 10.9. The average Bonchev–Trinajstić information content (AvgIpc) is 3.10. The Morgan fingerprint density at radius 1 is 1.22 bits per heavy atom. The van der Waals surface area contributed by atoms with Gasteiger partial charge in [-0.25, -0.2) is 0 Å². The standard InChI is InChI=1S/C20H26O3/c1-10-16-14(23-18(10)22)8-13-12(17(16)21)4-5-15-19(13,2)7-6-11-9-20(11,15)3/h4,10-11,13-16H,5-9H2,1-3H3/t10?,11?,13-,14-,15+,16-,19+,20+/m1/s1. The largest absolute Gasteiger partial charge is 0.461 e. The van der Waals surface area contributed by atoms with E-state index in [1.54, 1.807) is 0 Å².